The van der Waals surface area contributed by atoms with Crippen LogP contribution in [0.5, 0.6) is 0 Å². The molecule has 6 heteroatoms. The average molecular weight is 280 g/mol. The molecule has 0 aliphatic heterocycles. The standard InChI is InChI=1S/C11H12Cl2FNO2/c1-11(2,17-3)10(16)15-6-4-7(12)9(14)8(13)5-6/h4-5H,1-3H3,(H,15,16). The van der Waals surface area contributed by atoms with Crippen LogP contribution in [0.1, 0.15) is 13.8 Å². The van der Waals surface area contributed by atoms with Crippen molar-refractivity contribution in [1.82, 2.24) is 0 Å². The topological polar surface area (TPSA) is 38.3 Å². The fourth-order valence-electron chi connectivity index (χ4n) is 1.00. The summed E-state index contributed by atoms with van der Waals surface area (Å²) in [4.78, 5) is 11.8. The summed E-state index contributed by atoms with van der Waals surface area (Å²) in [6, 6.07) is 2.57. The molecule has 1 N–H and O–H groups in total. The molecule has 0 unspecified atom stereocenters. The van der Waals surface area contributed by atoms with E-state index in [0.29, 0.717) is 5.69 Å². The van der Waals surface area contributed by atoms with Crippen LogP contribution in [0.4, 0.5) is 10.1 Å². The smallest absolute Gasteiger partial charge is 0.256 e. The van der Waals surface area contributed by atoms with E-state index in [9.17, 15) is 9.18 Å². The number of ether oxygens (including phenoxy) is 1. The van der Waals surface area contributed by atoms with Crippen molar-refractivity contribution in [3.63, 3.8) is 0 Å². The molecule has 1 rings (SSSR count). The van der Waals surface area contributed by atoms with E-state index in [-0.39, 0.29) is 16.0 Å². The van der Waals surface area contributed by atoms with Gasteiger partial charge in [-0.15, -0.1) is 0 Å². The molecule has 0 aromatic heterocycles. The van der Waals surface area contributed by atoms with Crippen molar-refractivity contribution < 1.29 is 13.9 Å². The van der Waals surface area contributed by atoms with Crippen LogP contribution in [0.3, 0.4) is 0 Å². The zero-order chi connectivity index (χ0) is 13.2. The molecule has 0 saturated carbocycles. The van der Waals surface area contributed by atoms with Crippen molar-refractivity contribution in [2.24, 2.45) is 0 Å². The SMILES string of the molecule is COC(C)(C)C(=O)Nc1cc(Cl)c(F)c(Cl)c1. The summed E-state index contributed by atoms with van der Waals surface area (Å²) in [6.45, 7) is 3.21. The first-order valence-corrected chi connectivity index (χ1v) is 5.54. The number of rotatable bonds is 3. The van der Waals surface area contributed by atoms with Gasteiger partial charge in [0.1, 0.15) is 5.60 Å². The summed E-state index contributed by atoms with van der Waals surface area (Å²) < 4.78 is 18.2. The second kappa shape index (κ2) is 5.21. The van der Waals surface area contributed by atoms with Crippen molar-refractivity contribution in [2.45, 2.75) is 19.4 Å². The molecule has 3 nitrogen and oxygen atoms in total. The van der Waals surface area contributed by atoms with Gasteiger partial charge >= 0.3 is 0 Å². The minimum Gasteiger partial charge on any atom is -0.369 e. The van der Waals surface area contributed by atoms with Crippen LogP contribution in [-0.2, 0) is 9.53 Å². The van der Waals surface area contributed by atoms with Gasteiger partial charge in [-0.3, -0.25) is 4.79 Å². The summed E-state index contributed by atoms with van der Waals surface area (Å²) in [7, 11) is 1.42. The van der Waals surface area contributed by atoms with E-state index in [0.717, 1.165) is 0 Å². The molecule has 0 radical (unpaired) electrons. The van der Waals surface area contributed by atoms with Gasteiger partial charge in [-0.1, -0.05) is 23.2 Å². The number of amides is 1. The van der Waals surface area contributed by atoms with Crippen molar-refractivity contribution in [2.75, 3.05) is 12.4 Å². The molecule has 0 aliphatic carbocycles. The van der Waals surface area contributed by atoms with E-state index in [1.807, 2.05) is 0 Å². The number of halogens is 3. The average Bonchev–Trinajstić information content (AvgIpc) is 2.25. The minimum atomic E-state index is -0.993. The van der Waals surface area contributed by atoms with Crippen LogP contribution < -0.4 is 5.32 Å². The second-order valence-corrected chi connectivity index (χ2v) is 4.74. The van der Waals surface area contributed by atoms with Crippen molar-refractivity contribution in [1.29, 1.82) is 0 Å². The Morgan fingerprint density at radius 1 is 1.35 bits per heavy atom. The lowest BCUT2D eigenvalue weighted by Gasteiger charge is -2.21. The van der Waals surface area contributed by atoms with Gasteiger partial charge in [-0.05, 0) is 26.0 Å². The van der Waals surface area contributed by atoms with Crippen molar-refractivity contribution in [3.8, 4) is 0 Å². The lowest BCUT2D eigenvalue weighted by molar-refractivity contribution is -0.133. The maximum Gasteiger partial charge on any atom is 0.256 e. The van der Waals surface area contributed by atoms with E-state index in [2.05, 4.69) is 5.32 Å². The largest absolute Gasteiger partial charge is 0.369 e. The number of nitrogens with one attached hydrogen (secondary N) is 1. The molecule has 0 spiro atoms. The highest BCUT2D eigenvalue weighted by Gasteiger charge is 2.27. The van der Waals surface area contributed by atoms with E-state index >= 15 is 0 Å². The summed E-state index contributed by atoms with van der Waals surface area (Å²) >= 11 is 11.2. The Bertz CT molecular complexity index is 426. The first-order valence-electron chi connectivity index (χ1n) is 4.79. The third-order valence-corrected chi connectivity index (χ3v) is 2.85. The Hall–Kier alpha value is -0.840. The van der Waals surface area contributed by atoms with Crippen molar-refractivity contribution >= 4 is 34.8 Å². The predicted molar refractivity (Wildman–Crippen MR) is 66.1 cm³/mol. The van der Waals surface area contributed by atoms with Gasteiger partial charge in [0.2, 0.25) is 0 Å². The molecular weight excluding hydrogens is 268 g/mol. The van der Waals surface area contributed by atoms with Crippen LogP contribution in [0.2, 0.25) is 10.0 Å². The Morgan fingerprint density at radius 3 is 2.24 bits per heavy atom. The molecule has 94 valence electrons. The number of methoxy groups -OCH3 is 1. The van der Waals surface area contributed by atoms with E-state index < -0.39 is 11.4 Å². The number of benzene rings is 1. The maximum atomic E-state index is 13.1. The molecule has 0 aliphatic rings. The van der Waals surface area contributed by atoms with Gasteiger partial charge in [-0.2, -0.15) is 0 Å². The third-order valence-electron chi connectivity index (χ3n) is 2.30. The first kappa shape index (κ1) is 14.2. The molecule has 17 heavy (non-hydrogen) atoms. The molecular formula is C11H12Cl2FNO2. The fourth-order valence-corrected chi connectivity index (χ4v) is 1.49. The summed E-state index contributed by atoms with van der Waals surface area (Å²) in [5.41, 5.74) is -0.676. The molecule has 0 saturated heterocycles. The number of hydrogen-bond acceptors (Lipinski definition) is 2. The number of carbonyl (C=O) groups is 1. The van der Waals surface area contributed by atoms with Gasteiger partial charge in [-0.25, -0.2) is 4.39 Å². The summed E-state index contributed by atoms with van der Waals surface area (Å²) in [5, 5.41) is 2.24. The normalized spacial score (nSPS) is 11.4. The Balaban J connectivity index is 2.94. The molecule has 1 amide bonds. The number of hydrogen-bond donors (Lipinski definition) is 1. The van der Waals surface area contributed by atoms with E-state index in [1.54, 1.807) is 13.8 Å². The lowest BCUT2D eigenvalue weighted by Crippen LogP contribution is -2.38. The lowest BCUT2D eigenvalue weighted by atomic mass is 10.1. The van der Waals surface area contributed by atoms with Gasteiger partial charge in [0.25, 0.3) is 5.91 Å². The van der Waals surface area contributed by atoms with Crippen LogP contribution in [0, 0.1) is 5.82 Å². The predicted octanol–water partition coefficient (Wildman–Crippen LogP) is 3.50. The van der Waals surface area contributed by atoms with Crippen molar-refractivity contribution in [3.05, 3.63) is 28.0 Å². The summed E-state index contributed by atoms with van der Waals surface area (Å²) in [6.07, 6.45) is 0. The molecule has 0 bridgehead atoms. The fraction of sp³-hybridized carbons (Fsp3) is 0.364. The summed E-state index contributed by atoms with van der Waals surface area (Å²) in [5.74, 6) is -1.09. The third kappa shape index (κ3) is 3.31. The van der Waals surface area contributed by atoms with Crippen LogP contribution >= 0.6 is 23.2 Å². The monoisotopic (exact) mass is 279 g/mol. The van der Waals surface area contributed by atoms with Gasteiger partial charge < -0.3 is 10.1 Å². The first-order chi connectivity index (χ1) is 7.77. The zero-order valence-corrected chi connectivity index (χ0v) is 11.1. The van der Waals surface area contributed by atoms with Gasteiger partial charge in [0.15, 0.2) is 5.82 Å². The molecule has 0 heterocycles. The van der Waals surface area contributed by atoms with E-state index in [1.165, 1.54) is 19.2 Å². The molecule has 1 aromatic carbocycles. The highest BCUT2D eigenvalue weighted by Crippen LogP contribution is 2.27. The number of carbonyl (C=O) groups excluding carboxylic acids is 1. The Kier molecular flexibility index (Phi) is 4.36. The molecule has 0 fully saturated rings. The highest BCUT2D eigenvalue weighted by molar-refractivity contribution is 6.35. The Labute approximate surface area is 109 Å². The van der Waals surface area contributed by atoms with Crippen LogP contribution in [-0.4, -0.2) is 18.6 Å². The zero-order valence-electron chi connectivity index (χ0n) is 9.61. The van der Waals surface area contributed by atoms with Crippen LogP contribution in [0.15, 0.2) is 12.1 Å². The Morgan fingerprint density at radius 2 is 1.82 bits per heavy atom. The second-order valence-electron chi connectivity index (χ2n) is 3.92. The highest BCUT2D eigenvalue weighted by atomic mass is 35.5. The van der Waals surface area contributed by atoms with Gasteiger partial charge in [0.05, 0.1) is 10.0 Å². The number of anilines is 1. The van der Waals surface area contributed by atoms with Crippen LogP contribution in [0.25, 0.3) is 0 Å². The molecule has 0 atom stereocenters. The maximum absolute atomic E-state index is 13.1. The quantitative estimate of drug-likeness (QED) is 0.860. The minimum absolute atomic E-state index is 0.150. The van der Waals surface area contributed by atoms with E-state index in [4.69, 9.17) is 27.9 Å². The van der Waals surface area contributed by atoms with Gasteiger partial charge in [0, 0.05) is 12.8 Å². The molecule has 1 aromatic rings.